The summed E-state index contributed by atoms with van der Waals surface area (Å²) in [4.78, 5) is 43.6. The highest BCUT2D eigenvalue weighted by Gasteiger charge is 2.66. The summed E-state index contributed by atoms with van der Waals surface area (Å²) in [6, 6.07) is 11.0. The summed E-state index contributed by atoms with van der Waals surface area (Å²) in [6.45, 7) is 4.25. The quantitative estimate of drug-likeness (QED) is 0.292. The van der Waals surface area contributed by atoms with Crippen LogP contribution in [0.4, 0.5) is 10.1 Å². The lowest BCUT2D eigenvalue weighted by atomic mass is 9.81. The molecule has 1 fully saturated rings. The van der Waals surface area contributed by atoms with Gasteiger partial charge in [-0.3, -0.25) is 14.4 Å². The van der Waals surface area contributed by atoms with E-state index >= 15 is 0 Å². The van der Waals surface area contributed by atoms with Crippen LogP contribution in [0.15, 0.2) is 48.0 Å². The predicted octanol–water partition coefficient (Wildman–Crippen LogP) is 3.50. The number of amides is 2. The van der Waals surface area contributed by atoms with E-state index in [1.54, 1.807) is 36.1 Å². The number of ether oxygens (including phenoxy) is 1. The van der Waals surface area contributed by atoms with E-state index in [2.05, 4.69) is 0 Å². The molecular weight excluding hydrogens is 439 g/mol. The average molecular weight is 467 g/mol. The number of Topliss-reactive ketones (excluding diaryl/α,β-unsaturated/α-hetero) is 1. The third-order valence-corrected chi connectivity index (χ3v) is 6.43. The van der Waals surface area contributed by atoms with E-state index in [1.165, 1.54) is 24.1 Å². The summed E-state index contributed by atoms with van der Waals surface area (Å²) < 4.78 is 19.5. The van der Waals surface area contributed by atoms with Gasteiger partial charge >= 0.3 is 0 Å². The number of hydrogen-bond donors (Lipinski definition) is 1. The van der Waals surface area contributed by atoms with Gasteiger partial charge in [0.05, 0.1) is 11.3 Å². The number of aryl methyl sites for hydroxylation is 1. The Morgan fingerprint density at radius 2 is 1.85 bits per heavy atom. The van der Waals surface area contributed by atoms with Gasteiger partial charge in [0.25, 0.3) is 17.6 Å². The Morgan fingerprint density at radius 1 is 1.12 bits per heavy atom. The Morgan fingerprint density at radius 3 is 2.53 bits per heavy atom. The van der Waals surface area contributed by atoms with E-state index in [9.17, 15) is 23.9 Å². The van der Waals surface area contributed by atoms with Gasteiger partial charge in [-0.2, -0.15) is 0 Å². The lowest BCUT2D eigenvalue weighted by Crippen LogP contribution is -2.52. The number of likely N-dealkylation sites (tertiary alicyclic amines) is 1. The van der Waals surface area contributed by atoms with Crippen LogP contribution in [0.25, 0.3) is 5.76 Å². The number of rotatable bonds is 7. The largest absolute Gasteiger partial charge is 0.507 e. The molecular formula is C26H27FN2O5. The highest BCUT2D eigenvalue weighted by Crippen LogP contribution is 2.53. The zero-order valence-corrected chi connectivity index (χ0v) is 19.4. The Hall–Kier alpha value is -3.52. The molecule has 34 heavy (non-hydrogen) atoms. The number of nitrogens with zero attached hydrogens (tertiary/aromatic N) is 2. The Kier molecular flexibility index (Phi) is 6.27. The van der Waals surface area contributed by atoms with Crippen LogP contribution in [0.1, 0.15) is 36.5 Å². The number of aliphatic hydroxyl groups excluding tert-OH is 1. The number of para-hydroxylation sites is 1. The maximum absolute atomic E-state index is 14.3. The highest BCUT2D eigenvalue weighted by atomic mass is 19.1. The molecule has 0 aromatic heterocycles. The number of ketones is 1. The molecule has 4 rings (SSSR count). The second kappa shape index (κ2) is 9.02. The molecule has 2 aromatic rings. The first-order valence-corrected chi connectivity index (χ1v) is 11.3. The second-order valence-electron chi connectivity index (χ2n) is 8.50. The molecule has 2 aromatic carbocycles. The summed E-state index contributed by atoms with van der Waals surface area (Å²) in [6.07, 6.45) is 1.03. The lowest BCUT2D eigenvalue weighted by Gasteiger charge is -2.34. The molecule has 2 aliphatic rings. The number of aliphatic hydroxyl groups is 1. The molecule has 178 valence electrons. The molecule has 0 unspecified atom stereocenters. The van der Waals surface area contributed by atoms with E-state index in [-0.39, 0.29) is 17.7 Å². The third-order valence-electron chi connectivity index (χ3n) is 6.43. The van der Waals surface area contributed by atoms with Crippen LogP contribution in [-0.2, 0) is 24.7 Å². The zero-order valence-electron chi connectivity index (χ0n) is 19.4. The third kappa shape index (κ3) is 3.32. The fourth-order valence-electron chi connectivity index (χ4n) is 4.86. The van der Waals surface area contributed by atoms with Crippen molar-refractivity contribution < 1.29 is 28.6 Å². The van der Waals surface area contributed by atoms with Crippen molar-refractivity contribution >= 4 is 29.0 Å². The van der Waals surface area contributed by atoms with Crippen molar-refractivity contribution in [2.24, 2.45) is 0 Å². The Labute approximate surface area is 197 Å². The number of fused-ring (bicyclic) bond motifs is 2. The summed E-state index contributed by atoms with van der Waals surface area (Å²) in [5.41, 5.74) is -0.763. The predicted molar refractivity (Wildman–Crippen MR) is 125 cm³/mol. The molecule has 2 aliphatic heterocycles. The van der Waals surface area contributed by atoms with Gasteiger partial charge in [-0.05, 0) is 37.5 Å². The number of hydrogen-bond acceptors (Lipinski definition) is 5. The van der Waals surface area contributed by atoms with Crippen LogP contribution in [-0.4, -0.2) is 54.4 Å². The fraction of sp³-hybridized carbons (Fsp3) is 0.346. The van der Waals surface area contributed by atoms with Crippen molar-refractivity contribution in [1.82, 2.24) is 4.90 Å². The normalized spacial score (nSPS) is 21.1. The minimum atomic E-state index is -1.83. The molecule has 8 heteroatoms. The van der Waals surface area contributed by atoms with Crippen molar-refractivity contribution in [3.63, 3.8) is 0 Å². The maximum Gasteiger partial charge on any atom is 0.296 e. The summed E-state index contributed by atoms with van der Waals surface area (Å²) >= 11 is 0. The van der Waals surface area contributed by atoms with Gasteiger partial charge < -0.3 is 19.6 Å². The molecule has 0 bridgehead atoms. The molecule has 2 amide bonds. The number of methoxy groups -OCH3 is 1. The Bertz CT molecular complexity index is 1210. The van der Waals surface area contributed by atoms with Crippen LogP contribution >= 0.6 is 0 Å². The maximum atomic E-state index is 14.3. The van der Waals surface area contributed by atoms with Crippen molar-refractivity contribution in [2.45, 2.75) is 32.2 Å². The van der Waals surface area contributed by atoms with Crippen LogP contribution < -0.4 is 4.90 Å². The SMILES string of the molecule is CCCN1C(=O)[C@@]2(C(=C(O)c3ccc(C)c(F)c3)C(=O)C(=O)N2CCCOC)c2ccccc21. The molecule has 2 heterocycles. The topological polar surface area (TPSA) is 87.2 Å². The van der Waals surface area contributed by atoms with Crippen molar-refractivity contribution in [3.8, 4) is 0 Å². The van der Waals surface area contributed by atoms with E-state index < -0.39 is 34.7 Å². The van der Waals surface area contributed by atoms with Gasteiger partial charge in [0.15, 0.2) is 5.54 Å². The molecule has 0 saturated carbocycles. The number of benzene rings is 2. The number of carbonyl (C=O) groups is 3. The standard InChI is InChI=1S/C26H27FN2O5/c1-4-12-28-20-9-6-5-8-18(20)26(25(28)33)21(22(30)17-11-10-16(2)19(27)15-17)23(31)24(32)29(26)13-7-14-34-3/h5-6,8-11,15,30H,4,7,12-14H2,1-3H3/t26-/m0/s1. The van der Waals surface area contributed by atoms with E-state index in [0.29, 0.717) is 42.8 Å². The van der Waals surface area contributed by atoms with Gasteiger partial charge in [-0.15, -0.1) is 0 Å². The molecule has 1 spiro atoms. The van der Waals surface area contributed by atoms with E-state index in [4.69, 9.17) is 4.74 Å². The van der Waals surface area contributed by atoms with Crippen LogP contribution in [0.3, 0.4) is 0 Å². The van der Waals surface area contributed by atoms with Gasteiger partial charge in [-0.25, -0.2) is 4.39 Å². The second-order valence-corrected chi connectivity index (χ2v) is 8.50. The van der Waals surface area contributed by atoms with E-state index in [0.717, 1.165) is 6.07 Å². The number of carbonyl (C=O) groups excluding carboxylic acids is 3. The zero-order chi connectivity index (χ0) is 24.6. The Balaban J connectivity index is 2.03. The molecule has 1 atom stereocenters. The average Bonchev–Trinajstić information content (AvgIpc) is 3.20. The van der Waals surface area contributed by atoms with Gasteiger partial charge in [0, 0.05) is 37.9 Å². The highest BCUT2D eigenvalue weighted by molar-refractivity contribution is 6.50. The fourth-order valence-corrected chi connectivity index (χ4v) is 4.86. The smallest absolute Gasteiger partial charge is 0.296 e. The first kappa shape index (κ1) is 23.6. The molecule has 0 radical (unpaired) electrons. The number of halogens is 1. The van der Waals surface area contributed by atoms with Crippen molar-refractivity contribution in [3.05, 3.63) is 70.5 Å². The molecule has 7 nitrogen and oxygen atoms in total. The molecule has 0 aliphatic carbocycles. The molecule has 1 saturated heterocycles. The first-order valence-electron chi connectivity index (χ1n) is 11.3. The number of anilines is 1. The van der Waals surface area contributed by atoms with E-state index in [1.807, 2.05) is 6.92 Å². The monoisotopic (exact) mass is 466 g/mol. The summed E-state index contributed by atoms with van der Waals surface area (Å²) in [5.74, 6) is -3.49. The van der Waals surface area contributed by atoms with Gasteiger partial charge in [0.1, 0.15) is 11.6 Å². The van der Waals surface area contributed by atoms with Crippen molar-refractivity contribution in [1.29, 1.82) is 0 Å². The van der Waals surface area contributed by atoms with Crippen LogP contribution in [0, 0.1) is 12.7 Å². The summed E-state index contributed by atoms with van der Waals surface area (Å²) in [7, 11) is 1.52. The van der Waals surface area contributed by atoms with Gasteiger partial charge in [-0.1, -0.05) is 37.3 Å². The molecule has 1 N–H and O–H groups in total. The minimum Gasteiger partial charge on any atom is -0.507 e. The first-order chi connectivity index (χ1) is 16.3. The van der Waals surface area contributed by atoms with Gasteiger partial charge in [0.2, 0.25) is 0 Å². The van der Waals surface area contributed by atoms with Crippen molar-refractivity contribution in [2.75, 3.05) is 31.7 Å². The minimum absolute atomic E-state index is 0.0246. The lowest BCUT2D eigenvalue weighted by molar-refractivity contribution is -0.143. The summed E-state index contributed by atoms with van der Waals surface area (Å²) in [5, 5.41) is 11.3. The van der Waals surface area contributed by atoms with Crippen LogP contribution in [0.5, 0.6) is 0 Å². The van der Waals surface area contributed by atoms with Crippen LogP contribution in [0.2, 0.25) is 0 Å².